The van der Waals surface area contributed by atoms with E-state index in [1.165, 1.54) is 64.8 Å². The Morgan fingerprint density at radius 2 is 0.746 bits per heavy atom. The van der Waals surface area contributed by atoms with Crippen LogP contribution in [0.1, 0.15) is 0 Å². The molecular formula is C60H41NOSi. The lowest BCUT2D eigenvalue weighted by Gasteiger charge is -2.35. The molecule has 0 aliphatic rings. The highest BCUT2D eigenvalue weighted by atomic mass is 28.3. The number of furan rings is 1. The quantitative estimate of drug-likeness (QED) is 0.110. The average molecular weight is 820 g/mol. The predicted molar refractivity (Wildman–Crippen MR) is 268 cm³/mol. The van der Waals surface area contributed by atoms with Gasteiger partial charge in [-0.25, -0.2) is 0 Å². The van der Waals surface area contributed by atoms with Crippen molar-refractivity contribution in [1.82, 2.24) is 4.57 Å². The van der Waals surface area contributed by atoms with E-state index in [1.54, 1.807) is 0 Å². The summed E-state index contributed by atoms with van der Waals surface area (Å²) in [6, 6.07) is 91.4. The van der Waals surface area contributed by atoms with Crippen molar-refractivity contribution in [1.29, 1.82) is 0 Å². The minimum absolute atomic E-state index is 0.909. The maximum absolute atomic E-state index is 6.50. The molecule has 2 aromatic heterocycles. The van der Waals surface area contributed by atoms with Crippen LogP contribution in [0.4, 0.5) is 0 Å². The fourth-order valence-corrected chi connectivity index (χ4v) is 14.9. The number of para-hydroxylation sites is 4. The zero-order valence-electron chi connectivity index (χ0n) is 34.5. The summed E-state index contributed by atoms with van der Waals surface area (Å²) in [6.07, 6.45) is 0. The van der Waals surface area contributed by atoms with Crippen LogP contribution in [0, 0.1) is 0 Å². The first-order valence-electron chi connectivity index (χ1n) is 21.7. The number of benzene rings is 10. The van der Waals surface area contributed by atoms with Crippen LogP contribution in [0.2, 0.25) is 0 Å². The molecule has 2 nitrogen and oxygen atoms in total. The number of rotatable bonds is 8. The van der Waals surface area contributed by atoms with Gasteiger partial charge in [0.15, 0.2) is 8.07 Å². The fourth-order valence-electron chi connectivity index (χ4n) is 10.1. The standard InChI is InChI=1S/C60H41NOSi/c1-3-24-48(25-4-1)63(49-26-5-2-6-27-49,50-28-15-20-44(40-50)42-18-13-22-46(38-42)52-33-17-34-56-55-32-9-12-37-59(55)62-60(52)56)51-29-16-21-45(41-51)43-19-14-23-47(39-43)61-57-35-10-7-30-53(57)54-31-8-11-36-58(54)61/h1-41H. The Morgan fingerprint density at radius 3 is 1.38 bits per heavy atom. The average Bonchev–Trinajstić information content (AvgIpc) is 3.92. The van der Waals surface area contributed by atoms with Crippen molar-refractivity contribution in [2.24, 2.45) is 0 Å². The number of fused-ring (bicyclic) bond motifs is 6. The van der Waals surface area contributed by atoms with Crippen LogP contribution in [0.25, 0.3) is 82.8 Å². The Morgan fingerprint density at radius 1 is 0.302 bits per heavy atom. The maximum atomic E-state index is 6.50. The molecule has 0 fully saturated rings. The van der Waals surface area contributed by atoms with E-state index in [0.29, 0.717) is 0 Å². The SMILES string of the molecule is c1ccc([Si](c2ccccc2)(c2cccc(-c3cccc(-c4cccc5c4oc4ccccc45)c3)c2)c2cccc(-c3cccc(-n4c5ccccc5c5ccccc54)c3)c2)cc1. The van der Waals surface area contributed by atoms with E-state index in [-0.39, 0.29) is 0 Å². The van der Waals surface area contributed by atoms with E-state index in [4.69, 9.17) is 4.42 Å². The van der Waals surface area contributed by atoms with Crippen LogP contribution in [0.3, 0.4) is 0 Å². The number of hydrogen-bond acceptors (Lipinski definition) is 1. The van der Waals surface area contributed by atoms with Gasteiger partial charge in [0.1, 0.15) is 11.2 Å². The van der Waals surface area contributed by atoms with Crippen LogP contribution in [0.15, 0.2) is 253 Å². The van der Waals surface area contributed by atoms with Gasteiger partial charge < -0.3 is 8.98 Å². The van der Waals surface area contributed by atoms with E-state index < -0.39 is 8.07 Å². The largest absolute Gasteiger partial charge is 0.455 e. The molecule has 0 aliphatic heterocycles. The molecule has 12 aromatic rings. The van der Waals surface area contributed by atoms with Crippen molar-refractivity contribution >= 4 is 72.6 Å². The maximum Gasteiger partial charge on any atom is 0.179 e. The van der Waals surface area contributed by atoms with E-state index >= 15 is 0 Å². The first-order chi connectivity index (χ1) is 31.2. The van der Waals surface area contributed by atoms with E-state index in [0.717, 1.165) is 38.8 Å². The van der Waals surface area contributed by atoms with Gasteiger partial charge in [-0.1, -0.05) is 212 Å². The molecule has 296 valence electrons. The Labute approximate surface area is 367 Å². The second-order valence-corrected chi connectivity index (χ2v) is 20.2. The van der Waals surface area contributed by atoms with Crippen molar-refractivity contribution in [2.45, 2.75) is 0 Å². The molecule has 0 bridgehead atoms. The molecule has 3 heteroatoms. The molecule has 63 heavy (non-hydrogen) atoms. The van der Waals surface area contributed by atoms with Crippen LogP contribution < -0.4 is 20.7 Å². The lowest BCUT2D eigenvalue weighted by molar-refractivity contribution is 0.670. The Kier molecular flexibility index (Phi) is 8.87. The van der Waals surface area contributed by atoms with Gasteiger partial charge in [-0.05, 0) is 85.0 Å². The lowest BCUT2D eigenvalue weighted by atomic mass is 9.98. The first kappa shape index (κ1) is 36.8. The summed E-state index contributed by atoms with van der Waals surface area (Å²) in [5.41, 5.74) is 12.4. The molecule has 0 amide bonds. The van der Waals surface area contributed by atoms with Gasteiger partial charge in [0.25, 0.3) is 0 Å². The summed E-state index contributed by atoms with van der Waals surface area (Å²) < 4.78 is 8.90. The summed E-state index contributed by atoms with van der Waals surface area (Å²) in [7, 11) is -2.92. The normalized spacial score (nSPS) is 11.8. The van der Waals surface area contributed by atoms with Gasteiger partial charge in [0.2, 0.25) is 0 Å². The highest BCUT2D eigenvalue weighted by Gasteiger charge is 2.41. The highest BCUT2D eigenvalue weighted by Crippen LogP contribution is 2.37. The van der Waals surface area contributed by atoms with E-state index in [2.05, 4.69) is 247 Å². The van der Waals surface area contributed by atoms with Gasteiger partial charge in [0.05, 0.1) is 11.0 Å². The van der Waals surface area contributed by atoms with Gasteiger partial charge in [-0.15, -0.1) is 0 Å². The summed E-state index contributed by atoms with van der Waals surface area (Å²) >= 11 is 0. The molecule has 0 saturated heterocycles. The third kappa shape index (κ3) is 6.08. The molecule has 0 N–H and O–H groups in total. The monoisotopic (exact) mass is 819 g/mol. The second kappa shape index (κ2) is 15.2. The third-order valence-corrected chi connectivity index (χ3v) is 17.7. The minimum Gasteiger partial charge on any atom is -0.455 e. The molecule has 0 spiro atoms. The van der Waals surface area contributed by atoms with Crippen LogP contribution in [-0.2, 0) is 0 Å². The topological polar surface area (TPSA) is 18.1 Å². The molecular weight excluding hydrogens is 779 g/mol. The number of aromatic nitrogens is 1. The molecule has 12 rings (SSSR count). The summed E-state index contributed by atoms with van der Waals surface area (Å²) in [5, 5.41) is 10.2. The fraction of sp³-hybridized carbons (Fsp3) is 0. The Bertz CT molecular complexity index is 3540. The zero-order chi connectivity index (χ0) is 41.7. The molecule has 0 unspecified atom stereocenters. The van der Waals surface area contributed by atoms with Crippen LogP contribution >= 0.6 is 0 Å². The minimum atomic E-state index is -2.92. The van der Waals surface area contributed by atoms with E-state index in [9.17, 15) is 0 Å². The van der Waals surface area contributed by atoms with Crippen molar-refractivity contribution < 1.29 is 4.42 Å². The summed E-state index contributed by atoms with van der Waals surface area (Å²) in [5.74, 6) is 0. The molecule has 2 heterocycles. The second-order valence-electron chi connectivity index (χ2n) is 16.4. The molecule has 0 atom stereocenters. The van der Waals surface area contributed by atoms with Gasteiger partial charge >= 0.3 is 0 Å². The number of nitrogens with zero attached hydrogens (tertiary/aromatic N) is 1. The molecule has 10 aromatic carbocycles. The Balaban J connectivity index is 1.02. The zero-order valence-corrected chi connectivity index (χ0v) is 35.5. The van der Waals surface area contributed by atoms with Crippen molar-refractivity contribution in [2.75, 3.05) is 0 Å². The molecule has 0 aliphatic carbocycles. The summed E-state index contributed by atoms with van der Waals surface area (Å²) in [6.45, 7) is 0. The first-order valence-corrected chi connectivity index (χ1v) is 23.7. The van der Waals surface area contributed by atoms with Gasteiger partial charge in [-0.3, -0.25) is 0 Å². The van der Waals surface area contributed by atoms with E-state index in [1.807, 2.05) is 6.07 Å². The summed E-state index contributed by atoms with van der Waals surface area (Å²) in [4.78, 5) is 0. The molecule has 0 saturated carbocycles. The Hall–Kier alpha value is -7.98. The van der Waals surface area contributed by atoms with Crippen molar-refractivity contribution in [3.05, 3.63) is 249 Å². The number of hydrogen-bond donors (Lipinski definition) is 0. The van der Waals surface area contributed by atoms with Crippen LogP contribution in [-0.4, -0.2) is 12.6 Å². The van der Waals surface area contributed by atoms with Crippen molar-refractivity contribution in [3.63, 3.8) is 0 Å². The smallest absolute Gasteiger partial charge is 0.179 e. The van der Waals surface area contributed by atoms with Gasteiger partial charge in [0, 0.05) is 32.8 Å². The molecule has 0 radical (unpaired) electrons. The van der Waals surface area contributed by atoms with Crippen LogP contribution in [0.5, 0.6) is 0 Å². The predicted octanol–water partition coefficient (Wildman–Crippen LogP) is 13.1. The highest BCUT2D eigenvalue weighted by molar-refractivity contribution is 7.20. The van der Waals surface area contributed by atoms with Crippen molar-refractivity contribution in [3.8, 4) is 39.1 Å². The lowest BCUT2D eigenvalue weighted by Crippen LogP contribution is -2.74. The third-order valence-electron chi connectivity index (χ3n) is 12.9. The van der Waals surface area contributed by atoms with Gasteiger partial charge in [-0.2, -0.15) is 0 Å².